The summed E-state index contributed by atoms with van der Waals surface area (Å²) >= 11 is 12.0. The van der Waals surface area contributed by atoms with Crippen LogP contribution in [0.25, 0.3) is 22.4 Å². The number of aliphatic carboxylic acids is 1. The van der Waals surface area contributed by atoms with Crippen LogP contribution >= 0.6 is 23.2 Å². The summed E-state index contributed by atoms with van der Waals surface area (Å²) in [4.78, 5) is 16.7. The molecule has 4 nitrogen and oxygen atoms in total. The highest BCUT2D eigenvalue weighted by Gasteiger charge is 2.32. The SMILES string of the molecule is CCC(CC)C(C(=O)O)n1c(-c2ccc(Cl)cc2)nc2cc(F)c(Cl)cc21. The number of carboxylic acid groups (broad SMARTS) is 1. The Bertz CT molecular complexity index is 982. The Balaban J connectivity index is 2.35. The van der Waals surface area contributed by atoms with E-state index in [1.54, 1.807) is 28.8 Å². The van der Waals surface area contributed by atoms with E-state index in [0.29, 0.717) is 40.3 Å². The number of fused-ring (bicyclic) bond motifs is 1. The van der Waals surface area contributed by atoms with Crippen molar-refractivity contribution in [3.05, 3.63) is 52.3 Å². The third-order valence-corrected chi connectivity index (χ3v) is 5.40. The molecule has 1 N–H and O–H groups in total. The number of carboxylic acids is 1. The second kappa shape index (κ2) is 7.87. The van der Waals surface area contributed by atoms with Crippen LogP contribution in [0.3, 0.4) is 0 Å². The standard InChI is InChI=1S/C20H19Cl2FN2O2/c1-3-11(4-2)18(20(26)27)25-17-9-14(22)15(23)10-16(17)24-19(25)12-5-7-13(21)8-6-12/h5-11,18H,3-4H2,1-2H3,(H,26,27). The molecule has 0 amide bonds. The van der Waals surface area contributed by atoms with Crippen molar-refractivity contribution in [2.75, 3.05) is 0 Å². The average molecular weight is 409 g/mol. The number of nitrogens with zero attached hydrogens (tertiary/aromatic N) is 2. The molecule has 27 heavy (non-hydrogen) atoms. The van der Waals surface area contributed by atoms with Crippen molar-refractivity contribution in [3.8, 4) is 11.4 Å². The Labute approximate surface area is 166 Å². The number of benzene rings is 2. The molecule has 0 saturated heterocycles. The van der Waals surface area contributed by atoms with Crippen molar-refractivity contribution in [1.82, 2.24) is 9.55 Å². The summed E-state index contributed by atoms with van der Waals surface area (Å²) in [6.07, 6.45) is 1.37. The van der Waals surface area contributed by atoms with Crippen LogP contribution in [0.5, 0.6) is 0 Å². The predicted molar refractivity (Wildman–Crippen MR) is 106 cm³/mol. The Kier molecular flexibility index (Phi) is 5.72. The molecule has 3 aromatic rings. The average Bonchev–Trinajstić information content (AvgIpc) is 2.98. The highest BCUT2D eigenvalue weighted by molar-refractivity contribution is 6.31. The lowest BCUT2D eigenvalue weighted by molar-refractivity contribution is -0.142. The van der Waals surface area contributed by atoms with Crippen molar-refractivity contribution in [2.45, 2.75) is 32.7 Å². The van der Waals surface area contributed by atoms with E-state index in [4.69, 9.17) is 23.2 Å². The monoisotopic (exact) mass is 408 g/mol. The van der Waals surface area contributed by atoms with Gasteiger partial charge in [-0.25, -0.2) is 14.2 Å². The Morgan fingerprint density at radius 3 is 2.37 bits per heavy atom. The van der Waals surface area contributed by atoms with Crippen LogP contribution in [0.4, 0.5) is 4.39 Å². The first-order valence-corrected chi connectivity index (χ1v) is 9.48. The quantitative estimate of drug-likeness (QED) is 0.527. The predicted octanol–water partition coefficient (Wildman–Crippen LogP) is 6.21. The Hall–Kier alpha value is -2.11. The van der Waals surface area contributed by atoms with Gasteiger partial charge in [-0.05, 0) is 36.2 Å². The maximum absolute atomic E-state index is 14.0. The van der Waals surface area contributed by atoms with Crippen LogP contribution in [0.15, 0.2) is 36.4 Å². The van der Waals surface area contributed by atoms with Gasteiger partial charge in [-0.15, -0.1) is 0 Å². The number of halogens is 3. The van der Waals surface area contributed by atoms with Gasteiger partial charge in [0.05, 0.1) is 16.1 Å². The molecule has 7 heteroatoms. The third-order valence-electron chi connectivity index (χ3n) is 4.86. The molecular weight excluding hydrogens is 390 g/mol. The molecule has 142 valence electrons. The minimum absolute atomic E-state index is 0.0695. The summed E-state index contributed by atoms with van der Waals surface area (Å²) < 4.78 is 15.6. The smallest absolute Gasteiger partial charge is 0.327 e. The molecule has 1 aromatic heterocycles. The molecule has 3 rings (SSSR count). The van der Waals surface area contributed by atoms with E-state index in [-0.39, 0.29) is 10.9 Å². The molecule has 0 spiro atoms. The minimum Gasteiger partial charge on any atom is -0.480 e. The zero-order chi connectivity index (χ0) is 19.7. The minimum atomic E-state index is -0.960. The molecular formula is C20H19Cl2FN2O2. The fourth-order valence-corrected chi connectivity index (χ4v) is 3.72. The van der Waals surface area contributed by atoms with E-state index in [1.165, 1.54) is 12.1 Å². The van der Waals surface area contributed by atoms with Crippen molar-refractivity contribution in [1.29, 1.82) is 0 Å². The zero-order valence-corrected chi connectivity index (χ0v) is 16.4. The molecule has 2 aromatic carbocycles. The number of imidazole rings is 1. The maximum atomic E-state index is 14.0. The molecule has 0 fully saturated rings. The van der Waals surface area contributed by atoms with E-state index in [2.05, 4.69) is 4.98 Å². The van der Waals surface area contributed by atoms with Crippen LogP contribution < -0.4 is 0 Å². The van der Waals surface area contributed by atoms with Crippen LogP contribution in [0, 0.1) is 11.7 Å². The molecule has 0 aliphatic heterocycles. The highest BCUT2D eigenvalue weighted by Crippen LogP contribution is 2.36. The van der Waals surface area contributed by atoms with E-state index < -0.39 is 17.8 Å². The molecule has 1 heterocycles. The molecule has 0 radical (unpaired) electrons. The molecule has 0 aliphatic rings. The van der Waals surface area contributed by atoms with Gasteiger partial charge in [-0.1, -0.05) is 49.9 Å². The van der Waals surface area contributed by atoms with Gasteiger partial charge in [0.1, 0.15) is 17.7 Å². The fraction of sp³-hybridized carbons (Fsp3) is 0.300. The lowest BCUT2D eigenvalue weighted by Crippen LogP contribution is -2.27. The van der Waals surface area contributed by atoms with Crippen molar-refractivity contribution < 1.29 is 14.3 Å². The lowest BCUT2D eigenvalue weighted by atomic mass is 9.93. The molecule has 0 bridgehead atoms. The van der Waals surface area contributed by atoms with Crippen LogP contribution in [0.2, 0.25) is 10.0 Å². The summed E-state index contributed by atoms with van der Waals surface area (Å²) in [5.41, 5.74) is 1.55. The topological polar surface area (TPSA) is 55.1 Å². The molecule has 1 atom stereocenters. The number of carbonyl (C=O) groups is 1. The van der Waals surface area contributed by atoms with Gasteiger partial charge in [0.15, 0.2) is 0 Å². The summed E-state index contributed by atoms with van der Waals surface area (Å²) in [7, 11) is 0. The second-order valence-electron chi connectivity index (χ2n) is 6.43. The Morgan fingerprint density at radius 1 is 1.19 bits per heavy atom. The van der Waals surface area contributed by atoms with Gasteiger partial charge in [0.2, 0.25) is 0 Å². The van der Waals surface area contributed by atoms with E-state index in [1.807, 2.05) is 13.8 Å². The third kappa shape index (κ3) is 3.66. The van der Waals surface area contributed by atoms with Gasteiger partial charge in [0.25, 0.3) is 0 Å². The summed E-state index contributed by atoms with van der Waals surface area (Å²) in [6, 6.07) is 8.78. The van der Waals surface area contributed by atoms with Gasteiger partial charge >= 0.3 is 5.97 Å². The zero-order valence-electron chi connectivity index (χ0n) is 14.9. The van der Waals surface area contributed by atoms with E-state index in [0.717, 1.165) is 0 Å². The number of aromatic nitrogens is 2. The largest absolute Gasteiger partial charge is 0.480 e. The Morgan fingerprint density at radius 2 is 1.81 bits per heavy atom. The van der Waals surface area contributed by atoms with Crippen molar-refractivity contribution in [2.24, 2.45) is 5.92 Å². The molecule has 0 saturated carbocycles. The normalized spacial score (nSPS) is 12.7. The van der Waals surface area contributed by atoms with E-state index in [9.17, 15) is 14.3 Å². The summed E-state index contributed by atoms with van der Waals surface area (Å²) in [5, 5.41) is 10.5. The fourth-order valence-electron chi connectivity index (χ4n) is 3.43. The maximum Gasteiger partial charge on any atom is 0.327 e. The van der Waals surface area contributed by atoms with Crippen molar-refractivity contribution in [3.63, 3.8) is 0 Å². The summed E-state index contributed by atoms with van der Waals surface area (Å²) in [5.74, 6) is -1.22. The van der Waals surface area contributed by atoms with Gasteiger partial charge in [-0.2, -0.15) is 0 Å². The first kappa shape index (κ1) is 19.6. The summed E-state index contributed by atoms with van der Waals surface area (Å²) in [6.45, 7) is 3.91. The number of rotatable bonds is 6. The van der Waals surface area contributed by atoms with Crippen LogP contribution in [-0.4, -0.2) is 20.6 Å². The number of hydrogen-bond acceptors (Lipinski definition) is 2. The van der Waals surface area contributed by atoms with Crippen LogP contribution in [0.1, 0.15) is 32.7 Å². The number of hydrogen-bond donors (Lipinski definition) is 1. The molecule has 1 unspecified atom stereocenters. The van der Waals surface area contributed by atoms with Crippen molar-refractivity contribution >= 4 is 40.2 Å². The van der Waals surface area contributed by atoms with Gasteiger partial charge < -0.3 is 9.67 Å². The lowest BCUT2D eigenvalue weighted by Gasteiger charge is -2.25. The second-order valence-corrected chi connectivity index (χ2v) is 7.27. The molecule has 0 aliphatic carbocycles. The van der Waals surface area contributed by atoms with Gasteiger partial charge in [0, 0.05) is 16.7 Å². The first-order valence-electron chi connectivity index (χ1n) is 8.73. The first-order chi connectivity index (χ1) is 12.9. The van der Waals surface area contributed by atoms with E-state index >= 15 is 0 Å². The highest BCUT2D eigenvalue weighted by atomic mass is 35.5. The van der Waals surface area contributed by atoms with Crippen LogP contribution in [-0.2, 0) is 4.79 Å². The van der Waals surface area contributed by atoms with Gasteiger partial charge in [-0.3, -0.25) is 0 Å².